The largest absolute Gasteiger partial charge is 0.322 e. The summed E-state index contributed by atoms with van der Waals surface area (Å²) in [4.78, 5) is 20.8. The molecule has 0 bridgehead atoms. The molecule has 1 aromatic heterocycles. The van der Waals surface area contributed by atoms with Gasteiger partial charge < -0.3 is 10.6 Å². The summed E-state index contributed by atoms with van der Waals surface area (Å²) in [5.74, 6) is -1.82. The van der Waals surface area contributed by atoms with Crippen LogP contribution in [-0.2, 0) is 0 Å². The number of nitrogens with zero attached hydrogens (tertiary/aromatic N) is 2. The van der Waals surface area contributed by atoms with Crippen molar-refractivity contribution in [2.75, 3.05) is 10.6 Å². The average Bonchev–Trinajstić information content (AvgIpc) is 2.60. The van der Waals surface area contributed by atoms with E-state index < -0.39 is 17.5 Å². The van der Waals surface area contributed by atoms with Gasteiger partial charge in [0.15, 0.2) is 0 Å². The quantitative estimate of drug-likeness (QED) is 0.702. The zero-order valence-electron chi connectivity index (χ0n) is 15.1. The summed E-state index contributed by atoms with van der Waals surface area (Å²) in [5.41, 5.74) is 3.51. The highest BCUT2D eigenvalue weighted by molar-refractivity contribution is 6.03. The van der Waals surface area contributed by atoms with Crippen LogP contribution >= 0.6 is 0 Å². The van der Waals surface area contributed by atoms with Crippen molar-refractivity contribution in [2.24, 2.45) is 0 Å². The Morgan fingerprint density at radius 3 is 2.41 bits per heavy atom. The summed E-state index contributed by atoms with van der Waals surface area (Å²) >= 11 is 0. The molecular weight excluding hydrogens is 350 g/mol. The van der Waals surface area contributed by atoms with Gasteiger partial charge in [0.05, 0.1) is 5.69 Å². The number of carbonyl (C=O) groups is 1. The lowest BCUT2D eigenvalue weighted by molar-refractivity contribution is 0.102. The number of carbonyl (C=O) groups excluding carboxylic acids is 1. The van der Waals surface area contributed by atoms with Crippen LogP contribution in [0.3, 0.4) is 0 Å². The second-order valence-electron chi connectivity index (χ2n) is 6.22. The molecule has 2 N–H and O–H groups in total. The van der Waals surface area contributed by atoms with Gasteiger partial charge in [-0.25, -0.2) is 18.7 Å². The molecule has 1 heterocycles. The molecule has 3 aromatic rings. The Kier molecular flexibility index (Phi) is 5.12. The fraction of sp³-hybridized carbons (Fsp3) is 0.150. The van der Waals surface area contributed by atoms with E-state index in [1.165, 1.54) is 12.1 Å². The highest BCUT2D eigenvalue weighted by Gasteiger charge is 2.13. The van der Waals surface area contributed by atoms with E-state index in [0.29, 0.717) is 11.4 Å². The van der Waals surface area contributed by atoms with E-state index in [-0.39, 0.29) is 17.3 Å². The predicted octanol–water partition coefficient (Wildman–Crippen LogP) is 4.68. The SMILES string of the molecule is Cc1cc(C(=O)Nc2ccc(C)c(C)c2)nc(Nc2ccc(F)cc2F)n1. The second-order valence-corrected chi connectivity index (χ2v) is 6.22. The smallest absolute Gasteiger partial charge is 0.274 e. The highest BCUT2D eigenvalue weighted by Crippen LogP contribution is 2.20. The van der Waals surface area contributed by atoms with E-state index in [1.807, 2.05) is 26.0 Å². The van der Waals surface area contributed by atoms with Gasteiger partial charge in [0.1, 0.15) is 17.3 Å². The number of hydrogen-bond donors (Lipinski definition) is 2. The van der Waals surface area contributed by atoms with Gasteiger partial charge in [-0.1, -0.05) is 6.07 Å². The van der Waals surface area contributed by atoms with Crippen LogP contribution in [-0.4, -0.2) is 15.9 Å². The predicted molar refractivity (Wildman–Crippen MR) is 100 cm³/mol. The van der Waals surface area contributed by atoms with E-state index in [1.54, 1.807) is 13.0 Å². The highest BCUT2D eigenvalue weighted by atomic mass is 19.1. The van der Waals surface area contributed by atoms with Crippen molar-refractivity contribution >= 4 is 23.2 Å². The van der Waals surface area contributed by atoms with Crippen LogP contribution in [0.5, 0.6) is 0 Å². The summed E-state index contributed by atoms with van der Waals surface area (Å²) in [6.45, 7) is 5.64. The van der Waals surface area contributed by atoms with Crippen LogP contribution in [0.15, 0.2) is 42.5 Å². The topological polar surface area (TPSA) is 66.9 Å². The zero-order chi connectivity index (χ0) is 19.6. The van der Waals surface area contributed by atoms with Gasteiger partial charge in [0, 0.05) is 17.4 Å². The maximum absolute atomic E-state index is 13.8. The molecule has 0 unspecified atom stereocenters. The first-order chi connectivity index (χ1) is 12.8. The zero-order valence-corrected chi connectivity index (χ0v) is 15.1. The molecule has 5 nitrogen and oxygen atoms in total. The maximum atomic E-state index is 13.8. The lowest BCUT2D eigenvalue weighted by Crippen LogP contribution is -2.15. The van der Waals surface area contributed by atoms with Crippen LogP contribution < -0.4 is 10.6 Å². The van der Waals surface area contributed by atoms with Crippen molar-refractivity contribution < 1.29 is 13.6 Å². The van der Waals surface area contributed by atoms with Gasteiger partial charge in [0.2, 0.25) is 5.95 Å². The van der Waals surface area contributed by atoms with Crippen molar-refractivity contribution in [2.45, 2.75) is 20.8 Å². The molecule has 0 atom stereocenters. The molecule has 3 rings (SSSR count). The maximum Gasteiger partial charge on any atom is 0.274 e. The normalized spacial score (nSPS) is 10.6. The molecule has 138 valence electrons. The molecule has 0 saturated heterocycles. The number of halogens is 2. The summed E-state index contributed by atoms with van der Waals surface area (Å²) in [5, 5.41) is 5.45. The van der Waals surface area contributed by atoms with Gasteiger partial charge in [-0.05, 0) is 62.2 Å². The summed E-state index contributed by atoms with van der Waals surface area (Å²) < 4.78 is 26.8. The van der Waals surface area contributed by atoms with Gasteiger partial charge in [-0.15, -0.1) is 0 Å². The Bertz CT molecular complexity index is 1020. The Morgan fingerprint density at radius 2 is 1.70 bits per heavy atom. The second kappa shape index (κ2) is 7.49. The van der Waals surface area contributed by atoms with Crippen LogP contribution in [0.2, 0.25) is 0 Å². The van der Waals surface area contributed by atoms with Crippen molar-refractivity contribution in [3.8, 4) is 0 Å². The molecule has 0 saturated carbocycles. The number of aryl methyl sites for hydroxylation is 3. The summed E-state index contributed by atoms with van der Waals surface area (Å²) in [7, 11) is 0. The van der Waals surface area contributed by atoms with Crippen molar-refractivity contribution in [1.29, 1.82) is 0 Å². The number of amides is 1. The number of aromatic nitrogens is 2. The van der Waals surface area contributed by atoms with Gasteiger partial charge in [-0.2, -0.15) is 0 Å². The van der Waals surface area contributed by atoms with Gasteiger partial charge >= 0.3 is 0 Å². The minimum absolute atomic E-state index is 0.0162. The molecule has 1 amide bonds. The van der Waals surface area contributed by atoms with Crippen LogP contribution in [0.1, 0.15) is 27.3 Å². The Morgan fingerprint density at radius 1 is 0.926 bits per heavy atom. The van der Waals surface area contributed by atoms with E-state index in [4.69, 9.17) is 0 Å². The number of benzene rings is 2. The third-order valence-electron chi connectivity index (χ3n) is 4.03. The standard InChI is InChI=1S/C20H18F2N4O/c1-11-4-6-15(8-12(11)2)24-19(27)18-9-13(3)23-20(26-18)25-17-7-5-14(21)10-16(17)22/h4-10H,1-3H3,(H,24,27)(H,23,25,26). The Hall–Kier alpha value is -3.35. The lowest BCUT2D eigenvalue weighted by atomic mass is 10.1. The first-order valence-electron chi connectivity index (χ1n) is 8.28. The van der Waals surface area contributed by atoms with E-state index >= 15 is 0 Å². The number of anilines is 3. The Labute approximate surface area is 155 Å². The average molecular weight is 368 g/mol. The number of hydrogen-bond acceptors (Lipinski definition) is 4. The van der Waals surface area contributed by atoms with Crippen molar-refractivity contribution in [1.82, 2.24) is 9.97 Å². The molecule has 0 spiro atoms. The third kappa shape index (κ3) is 4.44. The first kappa shape index (κ1) is 18.4. The van der Waals surface area contributed by atoms with Crippen LogP contribution in [0.4, 0.5) is 26.1 Å². The molecule has 27 heavy (non-hydrogen) atoms. The first-order valence-corrected chi connectivity index (χ1v) is 8.28. The third-order valence-corrected chi connectivity index (χ3v) is 4.03. The van der Waals surface area contributed by atoms with E-state index in [0.717, 1.165) is 23.3 Å². The minimum Gasteiger partial charge on any atom is -0.322 e. The number of rotatable bonds is 4. The molecular formula is C20H18F2N4O. The molecule has 0 aliphatic carbocycles. The lowest BCUT2D eigenvalue weighted by Gasteiger charge is -2.10. The molecule has 2 aromatic carbocycles. The number of nitrogens with one attached hydrogen (secondary N) is 2. The Balaban J connectivity index is 1.83. The monoisotopic (exact) mass is 368 g/mol. The van der Waals surface area contributed by atoms with E-state index in [2.05, 4.69) is 20.6 Å². The molecule has 0 aliphatic rings. The molecule has 0 radical (unpaired) electrons. The van der Waals surface area contributed by atoms with Crippen molar-refractivity contribution in [3.05, 3.63) is 76.6 Å². The molecule has 0 aliphatic heterocycles. The minimum atomic E-state index is -0.777. The van der Waals surface area contributed by atoms with Crippen LogP contribution in [0, 0.1) is 32.4 Å². The fourth-order valence-corrected chi connectivity index (χ4v) is 2.47. The summed E-state index contributed by atoms with van der Waals surface area (Å²) in [6.07, 6.45) is 0. The van der Waals surface area contributed by atoms with E-state index in [9.17, 15) is 13.6 Å². The van der Waals surface area contributed by atoms with Gasteiger partial charge in [0.25, 0.3) is 5.91 Å². The molecule has 0 fully saturated rings. The van der Waals surface area contributed by atoms with Crippen molar-refractivity contribution in [3.63, 3.8) is 0 Å². The summed E-state index contributed by atoms with van der Waals surface area (Å²) in [6, 6.07) is 10.2. The fourth-order valence-electron chi connectivity index (χ4n) is 2.47. The molecule has 7 heteroatoms. The van der Waals surface area contributed by atoms with Crippen LogP contribution in [0.25, 0.3) is 0 Å². The van der Waals surface area contributed by atoms with Gasteiger partial charge in [-0.3, -0.25) is 4.79 Å².